The Kier molecular flexibility index (Phi) is 5.82. The van der Waals surface area contributed by atoms with Gasteiger partial charge in [0, 0.05) is 18.2 Å². The number of hydrogen-bond acceptors (Lipinski definition) is 3. The van der Waals surface area contributed by atoms with Crippen LogP contribution in [0.2, 0.25) is 5.02 Å². The van der Waals surface area contributed by atoms with Gasteiger partial charge in [-0.3, -0.25) is 0 Å². The lowest BCUT2D eigenvalue weighted by Crippen LogP contribution is -2.15. The van der Waals surface area contributed by atoms with Crippen LogP contribution in [0.3, 0.4) is 0 Å². The summed E-state index contributed by atoms with van der Waals surface area (Å²) < 4.78 is 0. The van der Waals surface area contributed by atoms with Gasteiger partial charge < -0.3 is 10.4 Å². The van der Waals surface area contributed by atoms with E-state index in [1.165, 1.54) is 0 Å². The average Bonchev–Trinajstić information content (AvgIpc) is 2.35. The molecule has 0 saturated carbocycles. The fourth-order valence-electron chi connectivity index (χ4n) is 1.65. The van der Waals surface area contributed by atoms with E-state index in [9.17, 15) is 0 Å². The third-order valence-corrected chi connectivity index (χ3v) is 3.03. The fourth-order valence-corrected chi connectivity index (χ4v) is 1.82. The zero-order valence-electron chi connectivity index (χ0n) is 9.91. The van der Waals surface area contributed by atoms with Crippen LogP contribution in [0.25, 0.3) is 0 Å². The van der Waals surface area contributed by atoms with Crippen LogP contribution in [0.4, 0.5) is 5.69 Å². The lowest BCUT2D eigenvalue weighted by atomic mass is 10.0. The second kappa shape index (κ2) is 7.16. The van der Waals surface area contributed by atoms with Gasteiger partial charge in [-0.05, 0) is 30.5 Å². The molecule has 1 rings (SSSR count). The van der Waals surface area contributed by atoms with Gasteiger partial charge in [0.2, 0.25) is 0 Å². The summed E-state index contributed by atoms with van der Waals surface area (Å²) in [6.45, 7) is 3.05. The highest BCUT2D eigenvalue weighted by Gasteiger charge is 2.07. The fraction of sp³-hybridized carbons (Fsp3) is 0.462. The summed E-state index contributed by atoms with van der Waals surface area (Å²) in [7, 11) is 0. The maximum absolute atomic E-state index is 8.98. The van der Waals surface area contributed by atoms with Crippen molar-refractivity contribution < 1.29 is 5.11 Å². The molecule has 0 aliphatic heterocycles. The molecule has 1 aromatic carbocycles. The molecular weight excluding hydrogens is 236 g/mol. The Morgan fingerprint density at radius 1 is 1.53 bits per heavy atom. The lowest BCUT2D eigenvalue weighted by molar-refractivity contribution is 0.258. The second-order valence-electron chi connectivity index (χ2n) is 3.97. The van der Waals surface area contributed by atoms with Crippen molar-refractivity contribution >= 4 is 17.3 Å². The number of benzene rings is 1. The average molecular weight is 253 g/mol. The SMILES string of the molecule is CCC(CCO)CNc1ccc(Cl)cc1C#N. The summed E-state index contributed by atoms with van der Waals surface area (Å²) >= 11 is 5.82. The highest BCUT2D eigenvalue weighted by Crippen LogP contribution is 2.20. The monoisotopic (exact) mass is 252 g/mol. The number of aliphatic hydroxyl groups is 1. The van der Waals surface area contributed by atoms with E-state index in [1.807, 2.05) is 6.07 Å². The number of nitrogens with zero attached hydrogens (tertiary/aromatic N) is 1. The molecule has 1 unspecified atom stereocenters. The lowest BCUT2D eigenvalue weighted by Gasteiger charge is -2.16. The largest absolute Gasteiger partial charge is 0.396 e. The number of aliphatic hydroxyl groups excluding tert-OH is 1. The first kappa shape index (κ1) is 13.8. The van der Waals surface area contributed by atoms with Crippen LogP contribution in [0.15, 0.2) is 18.2 Å². The Hall–Kier alpha value is -1.24. The normalized spacial score (nSPS) is 11.9. The Balaban J connectivity index is 2.65. The predicted molar refractivity (Wildman–Crippen MR) is 70.1 cm³/mol. The Morgan fingerprint density at radius 3 is 2.88 bits per heavy atom. The maximum atomic E-state index is 8.98. The first-order valence-corrected chi connectivity index (χ1v) is 6.13. The molecule has 0 bridgehead atoms. The van der Waals surface area contributed by atoms with E-state index in [2.05, 4.69) is 18.3 Å². The van der Waals surface area contributed by atoms with Gasteiger partial charge in [0.15, 0.2) is 0 Å². The van der Waals surface area contributed by atoms with Crippen LogP contribution in [0, 0.1) is 17.2 Å². The molecule has 2 N–H and O–H groups in total. The molecule has 3 nitrogen and oxygen atoms in total. The molecular formula is C13H17ClN2O. The van der Waals surface area contributed by atoms with E-state index < -0.39 is 0 Å². The van der Waals surface area contributed by atoms with Crippen LogP contribution >= 0.6 is 11.6 Å². The van der Waals surface area contributed by atoms with Crippen LogP contribution in [-0.4, -0.2) is 18.3 Å². The third kappa shape index (κ3) is 4.26. The van der Waals surface area contributed by atoms with E-state index in [4.69, 9.17) is 22.0 Å². The van der Waals surface area contributed by atoms with Crippen molar-refractivity contribution in [2.24, 2.45) is 5.92 Å². The smallest absolute Gasteiger partial charge is 0.101 e. The summed E-state index contributed by atoms with van der Waals surface area (Å²) in [6, 6.07) is 7.34. The van der Waals surface area contributed by atoms with Crippen molar-refractivity contribution in [2.75, 3.05) is 18.5 Å². The molecule has 17 heavy (non-hydrogen) atoms. The molecule has 0 aliphatic rings. The third-order valence-electron chi connectivity index (χ3n) is 2.80. The molecule has 1 aromatic rings. The quantitative estimate of drug-likeness (QED) is 0.818. The van der Waals surface area contributed by atoms with Gasteiger partial charge in [-0.15, -0.1) is 0 Å². The molecule has 0 radical (unpaired) electrons. The van der Waals surface area contributed by atoms with Gasteiger partial charge in [-0.2, -0.15) is 5.26 Å². The summed E-state index contributed by atoms with van der Waals surface area (Å²) in [5, 5.41) is 21.7. The molecule has 92 valence electrons. The molecule has 1 atom stereocenters. The van der Waals surface area contributed by atoms with Gasteiger partial charge in [0.25, 0.3) is 0 Å². The topological polar surface area (TPSA) is 56.0 Å². The van der Waals surface area contributed by atoms with E-state index >= 15 is 0 Å². The van der Waals surface area contributed by atoms with Crippen LogP contribution in [0.1, 0.15) is 25.3 Å². The number of hydrogen-bond donors (Lipinski definition) is 2. The number of nitrogens with one attached hydrogen (secondary N) is 1. The summed E-state index contributed by atoms with van der Waals surface area (Å²) in [5.74, 6) is 0.419. The van der Waals surface area contributed by atoms with Crippen LogP contribution in [-0.2, 0) is 0 Å². The number of anilines is 1. The highest BCUT2D eigenvalue weighted by atomic mass is 35.5. The van der Waals surface area contributed by atoms with Crippen LogP contribution < -0.4 is 5.32 Å². The van der Waals surface area contributed by atoms with Gasteiger partial charge in [-0.25, -0.2) is 0 Å². The second-order valence-corrected chi connectivity index (χ2v) is 4.41. The van der Waals surface area contributed by atoms with E-state index in [0.29, 0.717) is 16.5 Å². The summed E-state index contributed by atoms with van der Waals surface area (Å²) in [5.41, 5.74) is 1.35. The molecule has 4 heteroatoms. The van der Waals surface area contributed by atoms with E-state index in [1.54, 1.807) is 12.1 Å². The van der Waals surface area contributed by atoms with Crippen molar-refractivity contribution in [1.82, 2.24) is 0 Å². The zero-order valence-corrected chi connectivity index (χ0v) is 10.7. The minimum Gasteiger partial charge on any atom is -0.396 e. The number of rotatable bonds is 6. The van der Waals surface area contributed by atoms with Gasteiger partial charge >= 0.3 is 0 Å². The van der Waals surface area contributed by atoms with Crippen molar-refractivity contribution in [2.45, 2.75) is 19.8 Å². The molecule has 0 amide bonds. The number of nitriles is 1. The molecule has 0 fully saturated rings. The molecule has 0 saturated heterocycles. The van der Waals surface area contributed by atoms with E-state index in [-0.39, 0.29) is 6.61 Å². The van der Waals surface area contributed by atoms with Crippen molar-refractivity contribution in [3.05, 3.63) is 28.8 Å². The van der Waals surface area contributed by atoms with Crippen LogP contribution in [0.5, 0.6) is 0 Å². The van der Waals surface area contributed by atoms with Gasteiger partial charge in [-0.1, -0.05) is 24.9 Å². The Morgan fingerprint density at radius 2 is 2.29 bits per heavy atom. The predicted octanol–water partition coefficient (Wildman–Crippen LogP) is 3.03. The minimum atomic E-state index is 0.200. The standard InChI is InChI=1S/C13H17ClN2O/c1-2-10(5-6-17)9-16-13-4-3-12(14)7-11(13)8-15/h3-4,7,10,16-17H,2,5-6,9H2,1H3. The maximum Gasteiger partial charge on any atom is 0.101 e. The Bertz CT molecular complexity index is 401. The number of halogens is 1. The molecule has 0 heterocycles. The summed E-state index contributed by atoms with van der Waals surface area (Å²) in [6.07, 6.45) is 1.78. The first-order chi connectivity index (χ1) is 8.21. The molecule has 0 aromatic heterocycles. The minimum absolute atomic E-state index is 0.200. The first-order valence-electron chi connectivity index (χ1n) is 5.75. The van der Waals surface area contributed by atoms with E-state index in [0.717, 1.165) is 25.1 Å². The van der Waals surface area contributed by atoms with Crippen molar-refractivity contribution in [3.8, 4) is 6.07 Å². The van der Waals surface area contributed by atoms with Gasteiger partial charge in [0.05, 0.1) is 11.3 Å². The Labute approximate surface area is 107 Å². The summed E-state index contributed by atoms with van der Waals surface area (Å²) in [4.78, 5) is 0. The zero-order chi connectivity index (χ0) is 12.7. The highest BCUT2D eigenvalue weighted by molar-refractivity contribution is 6.30. The van der Waals surface area contributed by atoms with Crippen molar-refractivity contribution in [3.63, 3.8) is 0 Å². The van der Waals surface area contributed by atoms with Gasteiger partial charge in [0.1, 0.15) is 6.07 Å². The van der Waals surface area contributed by atoms with Crippen molar-refractivity contribution in [1.29, 1.82) is 5.26 Å². The molecule has 0 spiro atoms. The molecule has 0 aliphatic carbocycles.